The molecule has 164 valence electrons. The third-order valence-electron chi connectivity index (χ3n) is 4.69. The molecule has 0 atom stereocenters. The quantitative estimate of drug-likeness (QED) is 0.498. The van der Waals surface area contributed by atoms with Crippen LogP contribution in [0.1, 0.15) is 26.3 Å². The number of rotatable bonds is 3. The van der Waals surface area contributed by atoms with Crippen molar-refractivity contribution in [1.82, 2.24) is 14.9 Å². The molecule has 0 spiro atoms. The molecule has 1 aromatic carbocycles. The first-order valence-electron chi connectivity index (χ1n) is 9.74. The van der Waals surface area contributed by atoms with Crippen molar-refractivity contribution in [3.05, 3.63) is 38.6 Å². The number of carbonyl (C=O) groups is 1. The van der Waals surface area contributed by atoms with Gasteiger partial charge in [-0.25, -0.2) is 9.78 Å². The number of benzene rings is 1. The van der Waals surface area contributed by atoms with E-state index in [9.17, 15) is 14.9 Å². The van der Waals surface area contributed by atoms with E-state index in [-0.39, 0.29) is 11.7 Å². The molecule has 31 heavy (non-hydrogen) atoms. The molecule has 0 unspecified atom stereocenters. The van der Waals surface area contributed by atoms with E-state index in [1.165, 1.54) is 11.8 Å². The summed E-state index contributed by atoms with van der Waals surface area (Å²) in [5.41, 5.74) is 0.872. The van der Waals surface area contributed by atoms with Gasteiger partial charge in [-0.3, -0.25) is 4.79 Å². The van der Waals surface area contributed by atoms with Crippen LogP contribution < -0.4 is 10.5 Å². The number of hydrogen-bond donors (Lipinski definition) is 1. The summed E-state index contributed by atoms with van der Waals surface area (Å²) in [5.74, 6) is 0. The van der Waals surface area contributed by atoms with Crippen LogP contribution in [0.2, 0.25) is 0 Å². The maximum atomic E-state index is 12.4. The summed E-state index contributed by atoms with van der Waals surface area (Å²) >= 11 is 4.79. The molecule has 1 aromatic heterocycles. The van der Waals surface area contributed by atoms with Crippen molar-refractivity contribution in [3.63, 3.8) is 0 Å². The van der Waals surface area contributed by atoms with Crippen molar-refractivity contribution in [2.75, 3.05) is 37.3 Å². The minimum atomic E-state index is -0.540. The van der Waals surface area contributed by atoms with E-state index in [1.54, 1.807) is 4.90 Å². The van der Waals surface area contributed by atoms with E-state index in [0.717, 1.165) is 10.2 Å². The number of piperazine rings is 1. The number of aromatic amines is 1. The molecule has 1 amide bonds. The van der Waals surface area contributed by atoms with Gasteiger partial charge in [0.05, 0.1) is 5.69 Å². The Hall–Kier alpha value is -2.51. The van der Waals surface area contributed by atoms with E-state index in [1.807, 2.05) is 51.3 Å². The monoisotopic (exact) mass is 505 g/mol. The number of amides is 1. The molecule has 1 N–H and O–H groups in total. The maximum Gasteiger partial charge on any atom is 0.410 e. The highest BCUT2D eigenvalue weighted by atomic mass is 79.9. The molecule has 1 aliphatic heterocycles. The number of halogens is 1. The molecule has 0 aliphatic carbocycles. The normalized spacial score (nSPS) is 14.3. The number of aromatic nitrogens is 2. The van der Waals surface area contributed by atoms with E-state index in [4.69, 9.17) is 4.74 Å². The Morgan fingerprint density at radius 1 is 1.29 bits per heavy atom. The SMILES string of the molecule is CSc1nc(-c2cc(Br)ccc2N2CCN(C(=O)OC(C)(C)C)CC2)c(C#N)c(=O)[nH]1. The summed E-state index contributed by atoms with van der Waals surface area (Å²) in [5, 5.41) is 10.0. The Balaban J connectivity index is 1.93. The van der Waals surface area contributed by atoms with Crippen LogP contribution in [-0.4, -0.2) is 59.0 Å². The van der Waals surface area contributed by atoms with Gasteiger partial charge < -0.3 is 19.5 Å². The van der Waals surface area contributed by atoms with Gasteiger partial charge in [0.1, 0.15) is 17.2 Å². The lowest BCUT2D eigenvalue weighted by molar-refractivity contribution is 0.0240. The van der Waals surface area contributed by atoms with Crippen LogP contribution in [0, 0.1) is 11.3 Å². The Bertz CT molecular complexity index is 1080. The second-order valence-electron chi connectivity index (χ2n) is 8.03. The van der Waals surface area contributed by atoms with Crippen molar-refractivity contribution < 1.29 is 9.53 Å². The first-order chi connectivity index (χ1) is 14.6. The highest BCUT2D eigenvalue weighted by molar-refractivity contribution is 9.10. The lowest BCUT2D eigenvalue weighted by atomic mass is 10.0. The van der Waals surface area contributed by atoms with Gasteiger partial charge in [0.15, 0.2) is 5.16 Å². The Morgan fingerprint density at radius 2 is 1.97 bits per heavy atom. The zero-order chi connectivity index (χ0) is 22.8. The zero-order valence-corrected chi connectivity index (χ0v) is 20.3. The summed E-state index contributed by atoms with van der Waals surface area (Å²) in [6.45, 7) is 7.74. The molecule has 10 heteroatoms. The number of nitrogens with zero attached hydrogens (tertiary/aromatic N) is 4. The van der Waals surface area contributed by atoms with Crippen molar-refractivity contribution in [2.24, 2.45) is 0 Å². The predicted octanol–water partition coefficient (Wildman–Crippen LogP) is 3.85. The zero-order valence-electron chi connectivity index (χ0n) is 17.9. The molecular formula is C21H24BrN5O3S. The van der Waals surface area contributed by atoms with Crippen LogP contribution >= 0.6 is 27.7 Å². The molecule has 0 saturated carbocycles. The number of thioether (sulfide) groups is 1. The van der Waals surface area contributed by atoms with Crippen LogP contribution in [0.3, 0.4) is 0 Å². The molecule has 1 saturated heterocycles. The molecule has 2 heterocycles. The maximum absolute atomic E-state index is 12.4. The van der Waals surface area contributed by atoms with Gasteiger partial charge in [-0.15, -0.1) is 0 Å². The van der Waals surface area contributed by atoms with E-state index in [2.05, 4.69) is 30.8 Å². The van der Waals surface area contributed by atoms with E-state index < -0.39 is 11.2 Å². The van der Waals surface area contributed by atoms with Crippen molar-refractivity contribution >= 4 is 39.5 Å². The fourth-order valence-corrected chi connectivity index (χ4v) is 4.02. The first kappa shape index (κ1) is 23.2. The number of nitrogens with one attached hydrogen (secondary N) is 1. The fraction of sp³-hybridized carbons (Fsp3) is 0.429. The van der Waals surface area contributed by atoms with Crippen LogP contribution in [0.15, 0.2) is 32.6 Å². The van der Waals surface area contributed by atoms with Gasteiger partial charge in [-0.05, 0) is 45.2 Å². The third-order valence-corrected chi connectivity index (χ3v) is 5.76. The second-order valence-corrected chi connectivity index (χ2v) is 9.74. The molecule has 3 rings (SSSR count). The van der Waals surface area contributed by atoms with Crippen LogP contribution in [0.5, 0.6) is 0 Å². The van der Waals surface area contributed by atoms with Gasteiger partial charge in [-0.2, -0.15) is 5.26 Å². The number of carbonyl (C=O) groups excluding carboxylic acids is 1. The molecular weight excluding hydrogens is 482 g/mol. The number of nitriles is 1. The topological polar surface area (TPSA) is 102 Å². The molecule has 0 radical (unpaired) electrons. The molecule has 8 nitrogen and oxygen atoms in total. The standard InChI is InChI=1S/C21H24BrN5O3S/c1-21(2,3)30-20(29)27-9-7-26(8-10-27)16-6-5-13(22)11-14(16)17-15(12-23)18(28)25-19(24-17)31-4/h5-6,11H,7-10H2,1-4H3,(H,24,25,28). The van der Waals surface area contributed by atoms with Gasteiger partial charge in [0.25, 0.3) is 5.56 Å². The summed E-state index contributed by atoms with van der Waals surface area (Å²) in [6.07, 6.45) is 1.49. The van der Waals surface area contributed by atoms with Crippen LogP contribution in [0.4, 0.5) is 10.5 Å². The average Bonchev–Trinajstić information content (AvgIpc) is 2.72. The minimum absolute atomic E-state index is 0.0236. The molecule has 1 aliphatic rings. The largest absolute Gasteiger partial charge is 0.444 e. The number of hydrogen-bond acceptors (Lipinski definition) is 7. The molecule has 1 fully saturated rings. The smallest absolute Gasteiger partial charge is 0.410 e. The lowest BCUT2D eigenvalue weighted by Gasteiger charge is -2.37. The summed E-state index contributed by atoms with van der Waals surface area (Å²) in [6, 6.07) is 7.70. The number of ether oxygens (including phenoxy) is 1. The molecule has 0 bridgehead atoms. The van der Waals surface area contributed by atoms with E-state index in [0.29, 0.717) is 42.6 Å². The highest BCUT2D eigenvalue weighted by Crippen LogP contribution is 2.34. The summed E-state index contributed by atoms with van der Waals surface area (Å²) < 4.78 is 6.29. The van der Waals surface area contributed by atoms with E-state index >= 15 is 0 Å². The number of anilines is 1. The number of H-pyrrole nitrogens is 1. The summed E-state index contributed by atoms with van der Waals surface area (Å²) in [7, 11) is 0. The second kappa shape index (κ2) is 9.32. The van der Waals surface area contributed by atoms with Crippen molar-refractivity contribution in [1.29, 1.82) is 5.26 Å². The molecule has 2 aromatic rings. The minimum Gasteiger partial charge on any atom is -0.444 e. The first-order valence-corrected chi connectivity index (χ1v) is 11.8. The average molecular weight is 506 g/mol. The van der Waals surface area contributed by atoms with Crippen LogP contribution in [-0.2, 0) is 4.74 Å². The Labute approximate surface area is 193 Å². The summed E-state index contributed by atoms with van der Waals surface area (Å²) in [4.78, 5) is 35.8. The third kappa shape index (κ3) is 5.40. The van der Waals surface area contributed by atoms with Crippen LogP contribution in [0.25, 0.3) is 11.3 Å². The Kier molecular flexibility index (Phi) is 6.96. The fourth-order valence-electron chi connectivity index (χ4n) is 3.28. The van der Waals surface area contributed by atoms with Gasteiger partial charge in [-0.1, -0.05) is 27.7 Å². The van der Waals surface area contributed by atoms with Crippen molar-refractivity contribution in [3.8, 4) is 17.3 Å². The lowest BCUT2D eigenvalue weighted by Crippen LogP contribution is -2.50. The highest BCUT2D eigenvalue weighted by Gasteiger charge is 2.27. The van der Waals surface area contributed by atoms with Gasteiger partial charge in [0, 0.05) is 41.9 Å². The van der Waals surface area contributed by atoms with Crippen molar-refractivity contribution in [2.45, 2.75) is 31.5 Å². The predicted molar refractivity (Wildman–Crippen MR) is 125 cm³/mol. The Morgan fingerprint density at radius 3 is 2.55 bits per heavy atom. The van der Waals surface area contributed by atoms with Gasteiger partial charge in [0.2, 0.25) is 0 Å². The van der Waals surface area contributed by atoms with Gasteiger partial charge >= 0.3 is 6.09 Å².